The molecule has 0 aliphatic carbocycles. The SMILES string of the molecule is CC(C)(C)OC(=O)NCc1ncc(CCCN2CCNCC2)cn1. The lowest BCUT2D eigenvalue weighted by atomic mass is 10.2. The number of nitrogens with one attached hydrogen (secondary N) is 2. The van der Waals surface area contributed by atoms with Gasteiger partial charge in [0.05, 0.1) is 6.54 Å². The van der Waals surface area contributed by atoms with Crippen molar-refractivity contribution in [2.45, 2.75) is 45.8 Å². The van der Waals surface area contributed by atoms with E-state index in [1.807, 2.05) is 33.2 Å². The molecule has 0 radical (unpaired) electrons. The average Bonchev–Trinajstić information content (AvgIpc) is 2.53. The van der Waals surface area contributed by atoms with Gasteiger partial charge in [0.15, 0.2) is 0 Å². The second-order valence-corrected chi connectivity index (χ2v) is 7.06. The van der Waals surface area contributed by atoms with Crippen LogP contribution in [0.1, 0.15) is 38.6 Å². The highest BCUT2D eigenvalue weighted by Crippen LogP contribution is 2.07. The van der Waals surface area contributed by atoms with Crippen LogP contribution in [0.15, 0.2) is 12.4 Å². The summed E-state index contributed by atoms with van der Waals surface area (Å²) in [6, 6.07) is 0. The van der Waals surface area contributed by atoms with Crippen LogP contribution < -0.4 is 10.6 Å². The third kappa shape index (κ3) is 7.23. The third-order valence-electron chi connectivity index (χ3n) is 3.70. The predicted octanol–water partition coefficient (Wildman–Crippen LogP) is 1.34. The van der Waals surface area contributed by atoms with Gasteiger partial charge in [-0.2, -0.15) is 0 Å². The minimum absolute atomic E-state index is 0.274. The zero-order chi connectivity index (χ0) is 17.4. The van der Waals surface area contributed by atoms with Crippen molar-refractivity contribution >= 4 is 6.09 Å². The maximum absolute atomic E-state index is 11.6. The molecule has 2 heterocycles. The standard InChI is InChI=1S/C17H29N5O2/c1-17(2,3)24-16(23)21-13-15-19-11-14(12-20-15)5-4-8-22-9-6-18-7-10-22/h11-12,18H,4-10,13H2,1-3H3,(H,21,23). The van der Waals surface area contributed by atoms with E-state index in [1.165, 1.54) is 0 Å². The van der Waals surface area contributed by atoms with Crippen molar-refractivity contribution in [3.8, 4) is 0 Å². The van der Waals surface area contributed by atoms with Crippen molar-refractivity contribution in [2.24, 2.45) is 0 Å². The molecule has 0 atom stereocenters. The van der Waals surface area contributed by atoms with E-state index in [9.17, 15) is 4.79 Å². The van der Waals surface area contributed by atoms with E-state index >= 15 is 0 Å². The summed E-state index contributed by atoms with van der Waals surface area (Å²) >= 11 is 0. The monoisotopic (exact) mass is 335 g/mol. The Morgan fingerprint density at radius 1 is 1.29 bits per heavy atom. The van der Waals surface area contributed by atoms with Gasteiger partial charge in [-0.05, 0) is 45.7 Å². The molecule has 0 saturated carbocycles. The molecule has 7 nitrogen and oxygen atoms in total. The van der Waals surface area contributed by atoms with E-state index in [0.29, 0.717) is 5.82 Å². The Labute approximate surface area is 144 Å². The van der Waals surface area contributed by atoms with Crippen molar-refractivity contribution in [1.82, 2.24) is 25.5 Å². The van der Waals surface area contributed by atoms with Crippen molar-refractivity contribution in [3.05, 3.63) is 23.8 Å². The van der Waals surface area contributed by atoms with E-state index in [4.69, 9.17) is 4.74 Å². The first-order valence-electron chi connectivity index (χ1n) is 8.62. The minimum atomic E-state index is -0.501. The Kier molecular flexibility index (Phi) is 6.93. The van der Waals surface area contributed by atoms with Gasteiger partial charge >= 0.3 is 6.09 Å². The quantitative estimate of drug-likeness (QED) is 0.817. The van der Waals surface area contributed by atoms with Crippen LogP contribution in [0.25, 0.3) is 0 Å². The maximum atomic E-state index is 11.6. The largest absolute Gasteiger partial charge is 0.444 e. The fraction of sp³-hybridized carbons (Fsp3) is 0.706. The number of hydrogen-bond donors (Lipinski definition) is 2. The summed E-state index contributed by atoms with van der Waals surface area (Å²) in [5.74, 6) is 0.590. The van der Waals surface area contributed by atoms with E-state index in [0.717, 1.165) is 51.1 Å². The van der Waals surface area contributed by atoms with Gasteiger partial charge in [-0.1, -0.05) is 0 Å². The van der Waals surface area contributed by atoms with Gasteiger partial charge < -0.3 is 20.3 Å². The van der Waals surface area contributed by atoms with E-state index < -0.39 is 11.7 Å². The van der Waals surface area contributed by atoms with E-state index in [-0.39, 0.29) is 6.54 Å². The average molecular weight is 335 g/mol. The second-order valence-electron chi connectivity index (χ2n) is 7.06. The van der Waals surface area contributed by atoms with Gasteiger partial charge in [-0.25, -0.2) is 14.8 Å². The second kappa shape index (κ2) is 8.94. The number of aryl methyl sites for hydroxylation is 1. The fourth-order valence-corrected chi connectivity index (χ4v) is 2.51. The van der Waals surface area contributed by atoms with E-state index in [1.54, 1.807) is 0 Å². The molecule has 7 heteroatoms. The first-order chi connectivity index (χ1) is 11.4. The lowest BCUT2D eigenvalue weighted by Crippen LogP contribution is -2.43. The van der Waals surface area contributed by atoms with Crippen LogP contribution in [0.4, 0.5) is 4.79 Å². The van der Waals surface area contributed by atoms with Gasteiger partial charge in [0.2, 0.25) is 0 Å². The molecule has 0 aromatic carbocycles. The number of carbonyl (C=O) groups excluding carboxylic acids is 1. The molecule has 1 aliphatic heterocycles. The Balaban J connectivity index is 1.67. The maximum Gasteiger partial charge on any atom is 0.408 e. The molecule has 1 aromatic rings. The van der Waals surface area contributed by atoms with E-state index in [2.05, 4.69) is 25.5 Å². The summed E-state index contributed by atoms with van der Waals surface area (Å²) in [6.07, 6.45) is 5.32. The Morgan fingerprint density at radius 2 is 1.96 bits per heavy atom. The van der Waals surface area contributed by atoms with Crippen molar-refractivity contribution in [3.63, 3.8) is 0 Å². The van der Waals surface area contributed by atoms with Crippen LogP contribution in [-0.4, -0.2) is 59.3 Å². The third-order valence-corrected chi connectivity index (χ3v) is 3.70. The number of hydrogen-bond acceptors (Lipinski definition) is 6. The normalized spacial score (nSPS) is 16.0. The molecule has 1 aliphatic rings. The molecular formula is C17H29N5O2. The molecule has 1 saturated heterocycles. The molecule has 1 aromatic heterocycles. The van der Waals surface area contributed by atoms with Crippen LogP contribution >= 0.6 is 0 Å². The summed E-state index contributed by atoms with van der Waals surface area (Å²) < 4.78 is 5.18. The highest BCUT2D eigenvalue weighted by atomic mass is 16.6. The molecule has 1 fully saturated rings. The molecule has 24 heavy (non-hydrogen) atoms. The van der Waals surface area contributed by atoms with Gasteiger partial charge in [0.25, 0.3) is 0 Å². The number of nitrogens with zero attached hydrogens (tertiary/aromatic N) is 3. The van der Waals surface area contributed by atoms with Crippen LogP contribution in [0.5, 0.6) is 0 Å². The van der Waals surface area contributed by atoms with Crippen LogP contribution in [0, 0.1) is 0 Å². The number of alkyl carbamates (subject to hydrolysis) is 1. The number of piperazine rings is 1. The lowest BCUT2D eigenvalue weighted by molar-refractivity contribution is 0.0522. The Morgan fingerprint density at radius 3 is 2.58 bits per heavy atom. The smallest absolute Gasteiger partial charge is 0.408 e. The topological polar surface area (TPSA) is 79.4 Å². The van der Waals surface area contributed by atoms with Gasteiger partial charge in [0, 0.05) is 38.6 Å². The Hall–Kier alpha value is -1.73. The van der Waals surface area contributed by atoms with Crippen LogP contribution in [0.2, 0.25) is 0 Å². The van der Waals surface area contributed by atoms with Gasteiger partial charge in [0.1, 0.15) is 11.4 Å². The first-order valence-corrected chi connectivity index (χ1v) is 8.62. The van der Waals surface area contributed by atoms with Crippen molar-refractivity contribution < 1.29 is 9.53 Å². The Bertz CT molecular complexity index is 507. The molecule has 0 bridgehead atoms. The van der Waals surface area contributed by atoms with Crippen molar-refractivity contribution in [2.75, 3.05) is 32.7 Å². The molecule has 0 unspecified atom stereocenters. The zero-order valence-electron chi connectivity index (χ0n) is 15.0. The van der Waals surface area contributed by atoms with Crippen LogP contribution in [-0.2, 0) is 17.7 Å². The number of rotatable bonds is 6. The summed E-state index contributed by atoms with van der Waals surface area (Å²) in [5.41, 5.74) is 0.630. The molecule has 134 valence electrons. The number of ether oxygens (including phenoxy) is 1. The molecule has 2 N–H and O–H groups in total. The minimum Gasteiger partial charge on any atom is -0.444 e. The van der Waals surface area contributed by atoms with Gasteiger partial charge in [-0.15, -0.1) is 0 Å². The summed E-state index contributed by atoms with van der Waals surface area (Å²) in [4.78, 5) is 22.7. The first kappa shape index (κ1) is 18.6. The summed E-state index contributed by atoms with van der Waals surface area (Å²) in [5, 5.41) is 6.02. The number of aromatic nitrogens is 2. The predicted molar refractivity (Wildman–Crippen MR) is 92.7 cm³/mol. The molecule has 1 amide bonds. The lowest BCUT2D eigenvalue weighted by Gasteiger charge is -2.26. The molecule has 2 rings (SSSR count). The highest BCUT2D eigenvalue weighted by molar-refractivity contribution is 5.67. The zero-order valence-corrected chi connectivity index (χ0v) is 15.0. The summed E-state index contributed by atoms with van der Waals surface area (Å²) in [6.45, 7) is 11.3. The summed E-state index contributed by atoms with van der Waals surface area (Å²) in [7, 11) is 0. The number of carbonyl (C=O) groups is 1. The highest BCUT2D eigenvalue weighted by Gasteiger charge is 2.16. The fourth-order valence-electron chi connectivity index (χ4n) is 2.51. The number of amides is 1. The van der Waals surface area contributed by atoms with Crippen molar-refractivity contribution in [1.29, 1.82) is 0 Å². The van der Waals surface area contributed by atoms with Crippen LogP contribution in [0.3, 0.4) is 0 Å². The molecular weight excluding hydrogens is 306 g/mol. The molecule has 0 spiro atoms. The van der Waals surface area contributed by atoms with Gasteiger partial charge in [-0.3, -0.25) is 0 Å².